The predicted octanol–water partition coefficient (Wildman–Crippen LogP) is 2.17. The topological polar surface area (TPSA) is 32.5 Å². The second kappa shape index (κ2) is 7.61. The van der Waals surface area contributed by atoms with E-state index in [1.807, 2.05) is 0 Å². The molecule has 1 aliphatic carbocycles. The molecule has 0 bridgehead atoms. The summed E-state index contributed by atoms with van der Waals surface area (Å²) in [4.78, 5) is 5.23. The lowest BCUT2D eigenvalue weighted by Gasteiger charge is -2.41. The summed E-state index contributed by atoms with van der Waals surface area (Å²) in [6, 6.07) is 0.728. The van der Waals surface area contributed by atoms with E-state index in [1.165, 1.54) is 64.7 Å². The van der Waals surface area contributed by atoms with E-state index in [4.69, 9.17) is 5.73 Å². The molecular weight excluding hydrogens is 234 g/mol. The Morgan fingerprint density at radius 3 is 2.58 bits per heavy atom. The van der Waals surface area contributed by atoms with Gasteiger partial charge in [-0.05, 0) is 64.2 Å². The second-order valence-corrected chi connectivity index (χ2v) is 6.68. The molecule has 1 saturated heterocycles. The van der Waals surface area contributed by atoms with Crippen LogP contribution in [0.5, 0.6) is 0 Å². The Bertz CT molecular complexity index is 250. The van der Waals surface area contributed by atoms with Crippen LogP contribution in [0.15, 0.2) is 0 Å². The third kappa shape index (κ3) is 4.17. The van der Waals surface area contributed by atoms with Crippen molar-refractivity contribution in [1.29, 1.82) is 0 Å². The monoisotopic (exact) mass is 267 g/mol. The van der Waals surface area contributed by atoms with Gasteiger partial charge < -0.3 is 15.5 Å². The highest BCUT2D eigenvalue weighted by Crippen LogP contribution is 2.33. The van der Waals surface area contributed by atoms with Crippen molar-refractivity contribution in [2.75, 3.05) is 39.8 Å². The fourth-order valence-corrected chi connectivity index (χ4v) is 3.95. The summed E-state index contributed by atoms with van der Waals surface area (Å²) in [5.74, 6) is 1.66. The van der Waals surface area contributed by atoms with Gasteiger partial charge in [-0.1, -0.05) is 19.8 Å². The first-order valence-electron chi connectivity index (χ1n) is 8.37. The van der Waals surface area contributed by atoms with Crippen LogP contribution in [0, 0.1) is 11.8 Å². The Morgan fingerprint density at radius 2 is 1.95 bits per heavy atom. The lowest BCUT2D eigenvalue weighted by Crippen LogP contribution is -2.47. The maximum absolute atomic E-state index is 6.00. The Labute approximate surface area is 119 Å². The van der Waals surface area contributed by atoms with Crippen molar-refractivity contribution in [2.45, 2.75) is 51.5 Å². The first-order valence-corrected chi connectivity index (χ1v) is 8.37. The largest absolute Gasteiger partial charge is 0.330 e. The van der Waals surface area contributed by atoms with Crippen molar-refractivity contribution in [3.8, 4) is 0 Å². The Hall–Kier alpha value is -0.120. The van der Waals surface area contributed by atoms with Crippen LogP contribution in [0.2, 0.25) is 0 Å². The third-order valence-corrected chi connectivity index (χ3v) is 5.48. The first kappa shape index (κ1) is 15.3. The Morgan fingerprint density at radius 1 is 1.21 bits per heavy atom. The van der Waals surface area contributed by atoms with E-state index >= 15 is 0 Å². The van der Waals surface area contributed by atoms with E-state index in [9.17, 15) is 0 Å². The molecule has 3 heteroatoms. The van der Waals surface area contributed by atoms with Gasteiger partial charge in [-0.25, -0.2) is 0 Å². The van der Waals surface area contributed by atoms with E-state index in [0.29, 0.717) is 0 Å². The number of hydrogen-bond donors (Lipinski definition) is 1. The van der Waals surface area contributed by atoms with E-state index < -0.39 is 0 Å². The van der Waals surface area contributed by atoms with Gasteiger partial charge in [0.1, 0.15) is 0 Å². The number of likely N-dealkylation sites (tertiary alicyclic amines) is 1. The standard InChI is InChI=1S/C16H33N3/c1-3-14-6-7-15(13-17)16(12-14)18(2)10-11-19-8-4-5-9-19/h14-16H,3-13,17H2,1-2H3. The highest BCUT2D eigenvalue weighted by Gasteiger charge is 2.31. The number of likely N-dealkylation sites (N-methyl/N-ethyl adjacent to an activating group) is 1. The number of nitrogens with two attached hydrogens (primary N) is 1. The van der Waals surface area contributed by atoms with Crippen LogP contribution < -0.4 is 5.73 Å². The molecule has 0 spiro atoms. The normalized spacial score (nSPS) is 33.2. The van der Waals surface area contributed by atoms with Crippen LogP contribution >= 0.6 is 0 Å². The van der Waals surface area contributed by atoms with Crippen molar-refractivity contribution in [1.82, 2.24) is 9.80 Å². The fourth-order valence-electron chi connectivity index (χ4n) is 3.95. The molecule has 1 saturated carbocycles. The average molecular weight is 267 g/mol. The summed E-state index contributed by atoms with van der Waals surface area (Å²) < 4.78 is 0. The molecule has 0 radical (unpaired) electrons. The first-order chi connectivity index (χ1) is 9.24. The molecule has 3 unspecified atom stereocenters. The van der Waals surface area contributed by atoms with Gasteiger partial charge in [0, 0.05) is 19.1 Å². The lowest BCUT2D eigenvalue weighted by atomic mass is 9.76. The van der Waals surface area contributed by atoms with Crippen LogP contribution in [0.25, 0.3) is 0 Å². The fraction of sp³-hybridized carbons (Fsp3) is 1.00. The van der Waals surface area contributed by atoms with Gasteiger partial charge in [0.2, 0.25) is 0 Å². The molecule has 0 aromatic rings. The summed E-state index contributed by atoms with van der Waals surface area (Å²) >= 11 is 0. The Balaban J connectivity index is 1.81. The zero-order valence-corrected chi connectivity index (χ0v) is 13.0. The van der Waals surface area contributed by atoms with Crippen molar-refractivity contribution < 1.29 is 0 Å². The van der Waals surface area contributed by atoms with Crippen molar-refractivity contribution in [2.24, 2.45) is 17.6 Å². The number of nitrogens with zero attached hydrogens (tertiary/aromatic N) is 2. The molecule has 2 fully saturated rings. The molecule has 2 rings (SSSR count). The minimum atomic E-state index is 0.728. The predicted molar refractivity (Wildman–Crippen MR) is 82.3 cm³/mol. The quantitative estimate of drug-likeness (QED) is 0.800. The van der Waals surface area contributed by atoms with E-state index in [2.05, 4.69) is 23.8 Å². The molecule has 0 aromatic carbocycles. The van der Waals surface area contributed by atoms with Gasteiger partial charge in [-0.15, -0.1) is 0 Å². The molecule has 1 heterocycles. The van der Waals surface area contributed by atoms with Crippen molar-refractivity contribution in [3.63, 3.8) is 0 Å². The van der Waals surface area contributed by atoms with Crippen LogP contribution in [0.1, 0.15) is 45.4 Å². The van der Waals surface area contributed by atoms with E-state index in [1.54, 1.807) is 0 Å². The molecule has 19 heavy (non-hydrogen) atoms. The molecule has 0 amide bonds. The molecule has 3 nitrogen and oxygen atoms in total. The minimum absolute atomic E-state index is 0.728. The smallest absolute Gasteiger partial charge is 0.0136 e. The van der Waals surface area contributed by atoms with Gasteiger partial charge in [0.25, 0.3) is 0 Å². The molecule has 2 aliphatic rings. The summed E-state index contributed by atoms with van der Waals surface area (Å²) in [5, 5.41) is 0. The molecular formula is C16H33N3. The number of hydrogen-bond acceptors (Lipinski definition) is 3. The van der Waals surface area contributed by atoms with Crippen LogP contribution in [-0.2, 0) is 0 Å². The van der Waals surface area contributed by atoms with Crippen molar-refractivity contribution in [3.05, 3.63) is 0 Å². The van der Waals surface area contributed by atoms with Gasteiger partial charge in [-0.3, -0.25) is 0 Å². The molecule has 1 aliphatic heterocycles. The zero-order valence-electron chi connectivity index (χ0n) is 13.0. The lowest BCUT2D eigenvalue weighted by molar-refractivity contribution is 0.0939. The average Bonchev–Trinajstić information content (AvgIpc) is 2.97. The molecule has 3 atom stereocenters. The van der Waals surface area contributed by atoms with Crippen LogP contribution in [-0.4, -0.2) is 55.6 Å². The van der Waals surface area contributed by atoms with Crippen LogP contribution in [0.4, 0.5) is 0 Å². The summed E-state index contributed by atoms with van der Waals surface area (Å²) in [6.45, 7) is 8.31. The van der Waals surface area contributed by atoms with Gasteiger partial charge >= 0.3 is 0 Å². The number of rotatable bonds is 6. The van der Waals surface area contributed by atoms with Gasteiger partial charge in [0.05, 0.1) is 0 Å². The van der Waals surface area contributed by atoms with Gasteiger partial charge in [0.15, 0.2) is 0 Å². The minimum Gasteiger partial charge on any atom is -0.330 e. The molecule has 2 N–H and O–H groups in total. The van der Waals surface area contributed by atoms with E-state index in [0.717, 1.165) is 24.4 Å². The summed E-state index contributed by atoms with van der Waals surface area (Å²) in [6.07, 6.45) is 8.25. The van der Waals surface area contributed by atoms with Crippen LogP contribution in [0.3, 0.4) is 0 Å². The molecule has 0 aromatic heterocycles. The van der Waals surface area contributed by atoms with E-state index in [-0.39, 0.29) is 0 Å². The zero-order chi connectivity index (χ0) is 13.7. The SMILES string of the molecule is CCC1CCC(CN)C(N(C)CCN2CCCC2)C1. The maximum Gasteiger partial charge on any atom is 0.0136 e. The highest BCUT2D eigenvalue weighted by molar-refractivity contribution is 4.86. The molecule has 112 valence electrons. The Kier molecular flexibility index (Phi) is 6.11. The second-order valence-electron chi connectivity index (χ2n) is 6.68. The highest BCUT2D eigenvalue weighted by atomic mass is 15.2. The summed E-state index contributed by atoms with van der Waals surface area (Å²) in [5.41, 5.74) is 6.00. The summed E-state index contributed by atoms with van der Waals surface area (Å²) in [7, 11) is 2.32. The maximum atomic E-state index is 6.00. The van der Waals surface area contributed by atoms with Crippen molar-refractivity contribution >= 4 is 0 Å². The van der Waals surface area contributed by atoms with Gasteiger partial charge in [-0.2, -0.15) is 0 Å². The third-order valence-electron chi connectivity index (χ3n) is 5.48.